The molecule has 8 heteroatoms. The number of ether oxygens (including phenoxy) is 3. The molecule has 3 saturated heterocycles. The smallest absolute Gasteiger partial charge is 0.193 e. The van der Waals surface area contributed by atoms with E-state index in [1.807, 2.05) is 13.1 Å². The first-order valence-electron chi connectivity index (χ1n) is 11.0. The summed E-state index contributed by atoms with van der Waals surface area (Å²) in [6, 6.07) is 6.95. The van der Waals surface area contributed by atoms with Crippen molar-refractivity contribution in [3.05, 3.63) is 35.6 Å². The van der Waals surface area contributed by atoms with Gasteiger partial charge in [-0.2, -0.15) is 0 Å². The van der Waals surface area contributed by atoms with Gasteiger partial charge in [0.15, 0.2) is 5.96 Å². The summed E-state index contributed by atoms with van der Waals surface area (Å²) in [7, 11) is 1.81. The number of halogens is 1. The van der Waals surface area contributed by atoms with Crippen molar-refractivity contribution in [3.63, 3.8) is 0 Å². The number of morpholine rings is 2. The van der Waals surface area contributed by atoms with Crippen LogP contribution in [-0.2, 0) is 14.2 Å². The maximum absolute atomic E-state index is 13.9. The molecule has 0 aliphatic carbocycles. The van der Waals surface area contributed by atoms with Gasteiger partial charge < -0.3 is 24.4 Å². The standard InChI is InChI=1S/C22H33FN4O3/c1-24-22(27-9-13-30-21(16-27)20-6-3-10-29-20)25-15-19(26-7-11-28-12-8-26)17-4-2-5-18(23)14-17/h2,4-5,14,19-21H,3,6-13,15-16H2,1H3,(H,24,25). The second-order valence-electron chi connectivity index (χ2n) is 8.05. The van der Waals surface area contributed by atoms with Gasteiger partial charge in [-0.05, 0) is 30.5 Å². The van der Waals surface area contributed by atoms with Crippen LogP contribution in [-0.4, -0.2) is 94.2 Å². The van der Waals surface area contributed by atoms with Crippen molar-refractivity contribution in [2.24, 2.45) is 4.99 Å². The maximum atomic E-state index is 13.9. The summed E-state index contributed by atoms with van der Waals surface area (Å²) in [6.45, 7) is 6.78. The van der Waals surface area contributed by atoms with Crippen LogP contribution >= 0.6 is 0 Å². The fraction of sp³-hybridized carbons (Fsp3) is 0.682. The van der Waals surface area contributed by atoms with E-state index >= 15 is 0 Å². The van der Waals surface area contributed by atoms with Crippen molar-refractivity contribution in [2.45, 2.75) is 31.1 Å². The Labute approximate surface area is 178 Å². The van der Waals surface area contributed by atoms with Gasteiger partial charge in [0.05, 0.1) is 32.0 Å². The molecule has 4 rings (SSSR count). The number of guanidine groups is 1. The first kappa shape index (κ1) is 21.5. The van der Waals surface area contributed by atoms with E-state index in [0.29, 0.717) is 26.4 Å². The zero-order valence-electron chi connectivity index (χ0n) is 17.8. The van der Waals surface area contributed by atoms with Crippen molar-refractivity contribution in [2.75, 3.05) is 66.2 Å². The van der Waals surface area contributed by atoms with Gasteiger partial charge in [0.1, 0.15) is 11.9 Å². The summed E-state index contributed by atoms with van der Waals surface area (Å²) in [5.74, 6) is 0.652. The van der Waals surface area contributed by atoms with Gasteiger partial charge in [0, 0.05) is 46.4 Å². The van der Waals surface area contributed by atoms with Crippen LogP contribution in [0, 0.1) is 5.82 Å². The molecule has 7 nitrogen and oxygen atoms in total. The molecule has 166 valence electrons. The second-order valence-corrected chi connectivity index (χ2v) is 8.05. The summed E-state index contributed by atoms with van der Waals surface area (Å²) < 4.78 is 31.2. The minimum Gasteiger partial charge on any atom is -0.379 e. The Hall–Kier alpha value is -1.74. The van der Waals surface area contributed by atoms with Gasteiger partial charge in [-0.3, -0.25) is 9.89 Å². The number of rotatable bonds is 5. The van der Waals surface area contributed by atoms with Gasteiger partial charge in [0.25, 0.3) is 0 Å². The van der Waals surface area contributed by atoms with E-state index in [9.17, 15) is 4.39 Å². The fourth-order valence-electron chi connectivity index (χ4n) is 4.57. The molecule has 0 saturated carbocycles. The minimum atomic E-state index is -0.206. The van der Waals surface area contributed by atoms with Crippen molar-refractivity contribution in [3.8, 4) is 0 Å². The maximum Gasteiger partial charge on any atom is 0.193 e. The van der Waals surface area contributed by atoms with E-state index in [1.165, 1.54) is 6.07 Å². The van der Waals surface area contributed by atoms with Gasteiger partial charge in [-0.15, -0.1) is 0 Å². The van der Waals surface area contributed by atoms with Gasteiger partial charge >= 0.3 is 0 Å². The Morgan fingerprint density at radius 1 is 1.17 bits per heavy atom. The van der Waals surface area contributed by atoms with E-state index < -0.39 is 0 Å². The Kier molecular flexibility index (Phi) is 7.54. The highest BCUT2D eigenvalue weighted by Gasteiger charge is 2.32. The van der Waals surface area contributed by atoms with Crippen LogP contribution < -0.4 is 5.32 Å². The molecule has 0 aromatic heterocycles. The number of hydrogen-bond acceptors (Lipinski definition) is 5. The predicted molar refractivity (Wildman–Crippen MR) is 113 cm³/mol. The Morgan fingerprint density at radius 2 is 2.00 bits per heavy atom. The van der Waals surface area contributed by atoms with E-state index in [4.69, 9.17) is 14.2 Å². The van der Waals surface area contributed by atoms with Crippen LogP contribution in [0.2, 0.25) is 0 Å². The predicted octanol–water partition coefficient (Wildman–Crippen LogP) is 1.65. The van der Waals surface area contributed by atoms with Crippen molar-refractivity contribution >= 4 is 5.96 Å². The third-order valence-corrected chi connectivity index (χ3v) is 6.16. The van der Waals surface area contributed by atoms with Crippen LogP contribution in [0.5, 0.6) is 0 Å². The molecule has 1 aromatic carbocycles. The number of benzene rings is 1. The number of nitrogens with zero attached hydrogens (tertiary/aromatic N) is 3. The first-order chi connectivity index (χ1) is 14.7. The Bertz CT molecular complexity index is 707. The summed E-state index contributed by atoms with van der Waals surface area (Å²) in [5.41, 5.74) is 0.971. The molecule has 3 atom stereocenters. The molecule has 1 N–H and O–H groups in total. The van der Waals surface area contributed by atoms with E-state index in [0.717, 1.165) is 57.2 Å². The lowest BCUT2D eigenvalue weighted by molar-refractivity contribution is -0.0817. The SMILES string of the molecule is CN=C(NCC(c1cccc(F)c1)N1CCOCC1)N1CCOC(C2CCCO2)C1. The van der Waals surface area contributed by atoms with Crippen molar-refractivity contribution in [1.82, 2.24) is 15.1 Å². The topological polar surface area (TPSA) is 58.6 Å². The molecule has 3 unspecified atom stereocenters. The van der Waals surface area contributed by atoms with E-state index in [-0.39, 0.29) is 24.1 Å². The molecule has 0 spiro atoms. The van der Waals surface area contributed by atoms with Gasteiger partial charge in [0.2, 0.25) is 0 Å². The molecule has 3 fully saturated rings. The lowest BCUT2D eigenvalue weighted by atomic mass is 10.0. The van der Waals surface area contributed by atoms with Crippen molar-refractivity contribution < 1.29 is 18.6 Å². The van der Waals surface area contributed by atoms with Gasteiger partial charge in [-0.1, -0.05) is 12.1 Å². The summed E-state index contributed by atoms with van der Waals surface area (Å²) in [6.07, 6.45) is 2.42. The van der Waals surface area contributed by atoms with Gasteiger partial charge in [-0.25, -0.2) is 4.39 Å². The van der Waals surface area contributed by atoms with Crippen LogP contribution in [0.25, 0.3) is 0 Å². The molecular weight excluding hydrogens is 387 g/mol. The molecule has 3 aliphatic rings. The molecule has 3 heterocycles. The molecule has 30 heavy (non-hydrogen) atoms. The highest BCUT2D eigenvalue weighted by molar-refractivity contribution is 5.80. The highest BCUT2D eigenvalue weighted by atomic mass is 19.1. The third-order valence-electron chi connectivity index (χ3n) is 6.16. The Morgan fingerprint density at radius 3 is 2.73 bits per heavy atom. The minimum absolute atomic E-state index is 0.0522. The molecule has 3 aliphatic heterocycles. The van der Waals surface area contributed by atoms with E-state index in [1.54, 1.807) is 12.1 Å². The average Bonchev–Trinajstić information content (AvgIpc) is 3.33. The Balaban J connectivity index is 1.42. The molecule has 0 bridgehead atoms. The number of hydrogen-bond donors (Lipinski definition) is 1. The fourth-order valence-corrected chi connectivity index (χ4v) is 4.57. The molecular formula is C22H33FN4O3. The zero-order chi connectivity index (χ0) is 20.8. The van der Waals surface area contributed by atoms with Crippen LogP contribution in [0.4, 0.5) is 4.39 Å². The highest BCUT2D eigenvalue weighted by Crippen LogP contribution is 2.23. The molecule has 1 aromatic rings. The molecule has 0 radical (unpaired) electrons. The summed E-state index contributed by atoms with van der Waals surface area (Å²) in [5, 5.41) is 3.54. The number of aliphatic imine (C=N–C) groups is 1. The number of nitrogens with one attached hydrogen (secondary N) is 1. The molecule has 0 amide bonds. The lowest BCUT2D eigenvalue weighted by Crippen LogP contribution is -2.54. The quantitative estimate of drug-likeness (QED) is 0.578. The van der Waals surface area contributed by atoms with E-state index in [2.05, 4.69) is 20.1 Å². The monoisotopic (exact) mass is 420 g/mol. The van der Waals surface area contributed by atoms with Crippen LogP contribution in [0.1, 0.15) is 24.4 Å². The summed E-state index contributed by atoms with van der Waals surface area (Å²) in [4.78, 5) is 9.12. The zero-order valence-corrected chi connectivity index (χ0v) is 17.8. The third kappa shape index (κ3) is 5.29. The largest absolute Gasteiger partial charge is 0.379 e. The normalized spacial score (nSPS) is 27.3. The summed E-state index contributed by atoms with van der Waals surface area (Å²) >= 11 is 0. The second kappa shape index (κ2) is 10.5. The van der Waals surface area contributed by atoms with Crippen LogP contribution in [0.15, 0.2) is 29.3 Å². The van der Waals surface area contributed by atoms with Crippen LogP contribution in [0.3, 0.4) is 0 Å². The first-order valence-corrected chi connectivity index (χ1v) is 11.0. The average molecular weight is 421 g/mol. The van der Waals surface area contributed by atoms with Crippen molar-refractivity contribution in [1.29, 1.82) is 0 Å². The lowest BCUT2D eigenvalue weighted by Gasteiger charge is -2.39.